The fourth-order valence-electron chi connectivity index (χ4n) is 3.11. The van der Waals surface area contributed by atoms with Crippen molar-refractivity contribution in [3.05, 3.63) is 65.2 Å². The van der Waals surface area contributed by atoms with Crippen LogP contribution in [0.1, 0.15) is 29.7 Å². The molecule has 0 bridgehead atoms. The SMILES string of the molecule is COc1cccc(C(C)(O)C2NCCc3ccccc32)c1. The van der Waals surface area contributed by atoms with Gasteiger partial charge in [0.05, 0.1) is 13.2 Å². The fourth-order valence-corrected chi connectivity index (χ4v) is 3.11. The van der Waals surface area contributed by atoms with Crippen LogP contribution in [0.2, 0.25) is 0 Å². The molecule has 2 atom stereocenters. The number of methoxy groups -OCH3 is 1. The Hall–Kier alpha value is -1.84. The zero-order chi connectivity index (χ0) is 14.9. The predicted molar refractivity (Wildman–Crippen MR) is 83.5 cm³/mol. The third-order valence-corrected chi connectivity index (χ3v) is 4.33. The Morgan fingerprint density at radius 2 is 2.00 bits per heavy atom. The molecule has 21 heavy (non-hydrogen) atoms. The maximum absolute atomic E-state index is 11.2. The molecule has 3 rings (SSSR count). The molecule has 3 nitrogen and oxygen atoms in total. The predicted octanol–water partition coefficient (Wildman–Crippen LogP) is 2.79. The Kier molecular flexibility index (Phi) is 3.70. The lowest BCUT2D eigenvalue weighted by Gasteiger charge is -2.38. The highest BCUT2D eigenvalue weighted by atomic mass is 16.5. The first-order chi connectivity index (χ1) is 10.1. The van der Waals surface area contributed by atoms with Gasteiger partial charge in [-0.2, -0.15) is 0 Å². The zero-order valence-electron chi connectivity index (χ0n) is 12.5. The van der Waals surface area contributed by atoms with Gasteiger partial charge in [-0.25, -0.2) is 0 Å². The highest BCUT2D eigenvalue weighted by Gasteiger charge is 2.37. The van der Waals surface area contributed by atoms with E-state index >= 15 is 0 Å². The summed E-state index contributed by atoms with van der Waals surface area (Å²) in [4.78, 5) is 0. The average Bonchev–Trinajstić information content (AvgIpc) is 2.54. The van der Waals surface area contributed by atoms with Crippen molar-refractivity contribution in [2.75, 3.05) is 13.7 Å². The second-order valence-corrected chi connectivity index (χ2v) is 5.72. The highest BCUT2D eigenvalue weighted by molar-refractivity contribution is 5.39. The highest BCUT2D eigenvalue weighted by Crippen LogP contribution is 2.38. The van der Waals surface area contributed by atoms with E-state index in [9.17, 15) is 5.11 Å². The van der Waals surface area contributed by atoms with E-state index in [0.717, 1.165) is 24.3 Å². The van der Waals surface area contributed by atoms with Gasteiger partial charge in [-0.3, -0.25) is 0 Å². The lowest BCUT2D eigenvalue weighted by atomic mass is 9.80. The maximum Gasteiger partial charge on any atom is 0.119 e. The van der Waals surface area contributed by atoms with Crippen molar-refractivity contribution in [1.82, 2.24) is 5.32 Å². The van der Waals surface area contributed by atoms with Gasteiger partial charge in [0.2, 0.25) is 0 Å². The van der Waals surface area contributed by atoms with Crippen LogP contribution in [0.25, 0.3) is 0 Å². The minimum Gasteiger partial charge on any atom is -0.497 e. The number of fused-ring (bicyclic) bond motifs is 1. The molecule has 2 aromatic carbocycles. The van der Waals surface area contributed by atoms with E-state index in [4.69, 9.17) is 4.74 Å². The molecule has 0 saturated carbocycles. The molecule has 0 spiro atoms. The Morgan fingerprint density at radius 1 is 1.19 bits per heavy atom. The minimum atomic E-state index is -0.995. The van der Waals surface area contributed by atoms with Gasteiger partial charge in [0.1, 0.15) is 11.4 Å². The largest absolute Gasteiger partial charge is 0.497 e. The molecule has 0 aliphatic carbocycles. The molecule has 1 aliphatic rings. The van der Waals surface area contributed by atoms with Crippen molar-refractivity contribution >= 4 is 0 Å². The molecule has 110 valence electrons. The maximum atomic E-state index is 11.2. The number of hydrogen-bond acceptors (Lipinski definition) is 3. The van der Waals surface area contributed by atoms with Gasteiger partial charge in [0.25, 0.3) is 0 Å². The number of hydrogen-bond donors (Lipinski definition) is 2. The van der Waals surface area contributed by atoms with Gasteiger partial charge >= 0.3 is 0 Å². The smallest absolute Gasteiger partial charge is 0.119 e. The van der Waals surface area contributed by atoms with Crippen LogP contribution in [0.4, 0.5) is 0 Å². The van der Waals surface area contributed by atoms with Crippen LogP contribution in [0.5, 0.6) is 5.75 Å². The molecule has 0 amide bonds. The van der Waals surface area contributed by atoms with Crippen molar-refractivity contribution in [3.8, 4) is 5.75 Å². The van der Waals surface area contributed by atoms with E-state index in [1.807, 2.05) is 37.3 Å². The fraction of sp³-hybridized carbons (Fsp3) is 0.333. The van der Waals surface area contributed by atoms with Gasteiger partial charge < -0.3 is 15.2 Å². The second-order valence-electron chi connectivity index (χ2n) is 5.72. The summed E-state index contributed by atoms with van der Waals surface area (Å²) < 4.78 is 5.28. The Balaban J connectivity index is 2.02. The van der Waals surface area contributed by atoms with E-state index in [0.29, 0.717) is 0 Å². The van der Waals surface area contributed by atoms with E-state index < -0.39 is 5.60 Å². The molecular formula is C18H21NO2. The monoisotopic (exact) mass is 283 g/mol. The first-order valence-electron chi connectivity index (χ1n) is 7.31. The first kappa shape index (κ1) is 14.1. The minimum absolute atomic E-state index is 0.116. The van der Waals surface area contributed by atoms with Crippen LogP contribution < -0.4 is 10.1 Å². The van der Waals surface area contributed by atoms with Crippen molar-refractivity contribution in [3.63, 3.8) is 0 Å². The van der Waals surface area contributed by atoms with Gasteiger partial charge in [-0.1, -0.05) is 36.4 Å². The van der Waals surface area contributed by atoms with Crippen LogP contribution in [0, 0.1) is 0 Å². The number of ether oxygens (including phenoxy) is 1. The van der Waals surface area contributed by atoms with Gasteiger partial charge in [0, 0.05) is 0 Å². The molecule has 0 aromatic heterocycles. The van der Waals surface area contributed by atoms with E-state index in [1.165, 1.54) is 11.1 Å². The van der Waals surface area contributed by atoms with Gasteiger partial charge in [0.15, 0.2) is 0 Å². The summed E-state index contributed by atoms with van der Waals surface area (Å²) in [5.74, 6) is 0.761. The molecule has 1 aliphatic heterocycles. The van der Waals surface area contributed by atoms with Crippen LogP contribution >= 0.6 is 0 Å². The Morgan fingerprint density at radius 3 is 2.81 bits per heavy atom. The number of rotatable bonds is 3. The lowest BCUT2D eigenvalue weighted by Crippen LogP contribution is -2.43. The zero-order valence-corrected chi connectivity index (χ0v) is 12.5. The van der Waals surface area contributed by atoms with Crippen LogP contribution in [-0.4, -0.2) is 18.8 Å². The molecular weight excluding hydrogens is 262 g/mol. The van der Waals surface area contributed by atoms with E-state index in [2.05, 4.69) is 23.5 Å². The summed E-state index contributed by atoms with van der Waals surface area (Å²) in [6.45, 7) is 2.74. The molecule has 3 heteroatoms. The molecule has 2 unspecified atom stereocenters. The lowest BCUT2D eigenvalue weighted by molar-refractivity contribution is 0.0117. The third-order valence-electron chi connectivity index (χ3n) is 4.33. The van der Waals surface area contributed by atoms with Crippen LogP contribution in [0.15, 0.2) is 48.5 Å². The Labute approximate surface area is 125 Å². The quantitative estimate of drug-likeness (QED) is 0.910. The van der Waals surface area contributed by atoms with Crippen LogP contribution in [-0.2, 0) is 12.0 Å². The van der Waals surface area contributed by atoms with Crippen molar-refractivity contribution in [2.45, 2.75) is 25.0 Å². The molecule has 1 heterocycles. The molecule has 2 aromatic rings. The van der Waals surface area contributed by atoms with Gasteiger partial charge in [-0.15, -0.1) is 0 Å². The van der Waals surface area contributed by atoms with Gasteiger partial charge in [-0.05, 0) is 48.7 Å². The first-order valence-corrected chi connectivity index (χ1v) is 7.31. The molecule has 0 saturated heterocycles. The number of benzene rings is 2. The summed E-state index contributed by atoms with van der Waals surface area (Å²) in [7, 11) is 1.64. The van der Waals surface area contributed by atoms with Crippen LogP contribution in [0.3, 0.4) is 0 Å². The summed E-state index contributed by atoms with van der Waals surface area (Å²) in [6, 6.07) is 15.9. The van der Waals surface area contributed by atoms with Crippen molar-refractivity contribution in [1.29, 1.82) is 0 Å². The van der Waals surface area contributed by atoms with E-state index in [1.54, 1.807) is 7.11 Å². The molecule has 0 fully saturated rings. The van der Waals surface area contributed by atoms with E-state index in [-0.39, 0.29) is 6.04 Å². The number of aliphatic hydroxyl groups is 1. The Bertz CT molecular complexity index is 637. The van der Waals surface area contributed by atoms with Crippen molar-refractivity contribution in [2.24, 2.45) is 0 Å². The summed E-state index contributed by atoms with van der Waals surface area (Å²) >= 11 is 0. The van der Waals surface area contributed by atoms with Crippen molar-refractivity contribution < 1.29 is 9.84 Å². The second kappa shape index (κ2) is 5.51. The average molecular weight is 283 g/mol. The molecule has 0 radical (unpaired) electrons. The third kappa shape index (κ3) is 2.55. The molecule has 2 N–H and O–H groups in total. The number of nitrogens with one attached hydrogen (secondary N) is 1. The normalized spacial score (nSPS) is 20.4. The summed E-state index contributed by atoms with van der Waals surface area (Å²) in [5, 5.41) is 14.6. The topological polar surface area (TPSA) is 41.5 Å². The summed E-state index contributed by atoms with van der Waals surface area (Å²) in [5.41, 5.74) is 2.35. The standard InChI is InChI=1S/C18H21NO2/c1-18(20,14-7-5-8-15(12-14)21-2)17-16-9-4-3-6-13(16)10-11-19-17/h3-9,12,17,19-20H,10-11H2,1-2H3. The summed E-state index contributed by atoms with van der Waals surface area (Å²) in [6.07, 6.45) is 1.00.